The number of hydrogen-bond donors (Lipinski definition) is 0. The number of thiazole rings is 1. The second kappa shape index (κ2) is 8.06. The van der Waals surface area contributed by atoms with E-state index in [4.69, 9.17) is 14.5 Å². The van der Waals surface area contributed by atoms with E-state index in [1.165, 1.54) is 0 Å². The van der Waals surface area contributed by atoms with E-state index in [0.717, 1.165) is 34.2 Å². The van der Waals surface area contributed by atoms with Crippen molar-refractivity contribution < 1.29 is 14.3 Å². The predicted molar refractivity (Wildman–Crippen MR) is 111 cm³/mol. The third kappa shape index (κ3) is 3.89. The molecule has 0 bridgehead atoms. The molecule has 0 spiro atoms. The molecule has 2 heterocycles. The summed E-state index contributed by atoms with van der Waals surface area (Å²) in [6, 6.07) is 15.4. The Morgan fingerprint density at radius 2 is 1.82 bits per heavy atom. The van der Waals surface area contributed by atoms with Gasteiger partial charge < -0.3 is 19.3 Å². The molecule has 7 heteroatoms. The summed E-state index contributed by atoms with van der Waals surface area (Å²) in [5.41, 5.74) is 0.976. The second-order valence-corrected chi connectivity index (χ2v) is 7.72. The summed E-state index contributed by atoms with van der Waals surface area (Å²) < 4.78 is 12.2. The average Bonchev–Trinajstić information content (AvgIpc) is 3.17. The maximum atomic E-state index is 12.7. The van der Waals surface area contributed by atoms with Gasteiger partial charge in [-0.3, -0.25) is 4.79 Å². The number of hydrogen-bond acceptors (Lipinski definition) is 6. The predicted octanol–water partition coefficient (Wildman–Crippen LogP) is 3.42. The van der Waals surface area contributed by atoms with Gasteiger partial charge in [-0.05, 0) is 37.3 Å². The van der Waals surface area contributed by atoms with Gasteiger partial charge in [-0.15, -0.1) is 0 Å². The van der Waals surface area contributed by atoms with E-state index < -0.39 is 6.10 Å². The zero-order valence-corrected chi connectivity index (χ0v) is 16.8. The number of para-hydroxylation sites is 1. The van der Waals surface area contributed by atoms with Crippen LogP contribution < -0.4 is 14.4 Å². The van der Waals surface area contributed by atoms with Crippen LogP contribution in [0.4, 0.5) is 5.13 Å². The third-order valence-electron chi connectivity index (χ3n) is 4.85. The summed E-state index contributed by atoms with van der Waals surface area (Å²) in [6.45, 7) is 4.67. The first-order valence-electron chi connectivity index (χ1n) is 9.34. The minimum absolute atomic E-state index is 0.0255. The molecule has 1 unspecified atom stereocenters. The first-order chi connectivity index (χ1) is 13.6. The highest BCUT2D eigenvalue weighted by Gasteiger charge is 2.27. The number of nitrogens with zero attached hydrogens (tertiary/aromatic N) is 3. The van der Waals surface area contributed by atoms with E-state index in [2.05, 4.69) is 4.90 Å². The highest BCUT2D eigenvalue weighted by Crippen LogP contribution is 2.31. The monoisotopic (exact) mass is 397 g/mol. The van der Waals surface area contributed by atoms with Gasteiger partial charge in [-0.1, -0.05) is 29.5 Å². The van der Waals surface area contributed by atoms with Crippen LogP contribution in [0.5, 0.6) is 11.5 Å². The van der Waals surface area contributed by atoms with E-state index in [-0.39, 0.29) is 5.91 Å². The lowest BCUT2D eigenvalue weighted by Gasteiger charge is -2.35. The fraction of sp³-hybridized carbons (Fsp3) is 0.333. The zero-order valence-electron chi connectivity index (χ0n) is 16.0. The number of carbonyl (C=O) groups excluding carboxylic acids is 1. The molecule has 0 aliphatic carbocycles. The van der Waals surface area contributed by atoms with Gasteiger partial charge in [0, 0.05) is 26.2 Å². The van der Waals surface area contributed by atoms with Crippen molar-refractivity contribution in [1.82, 2.24) is 9.88 Å². The number of carbonyl (C=O) groups is 1. The molecule has 3 aromatic rings. The van der Waals surface area contributed by atoms with Crippen LogP contribution in [0.1, 0.15) is 6.92 Å². The molecule has 1 fully saturated rings. The molecule has 28 heavy (non-hydrogen) atoms. The standard InChI is InChI=1S/C21H23N3O3S/c1-15(27-16-6-4-3-5-7-16)20(25)23-10-12-24(13-11-23)21-22-18-9-8-17(26-2)14-19(18)28-21/h3-9,14-15H,10-13H2,1-2H3. The van der Waals surface area contributed by atoms with Crippen LogP contribution in [0.2, 0.25) is 0 Å². The van der Waals surface area contributed by atoms with E-state index >= 15 is 0 Å². The van der Waals surface area contributed by atoms with E-state index in [0.29, 0.717) is 18.8 Å². The number of anilines is 1. The van der Waals surface area contributed by atoms with Crippen molar-refractivity contribution in [1.29, 1.82) is 0 Å². The molecule has 1 atom stereocenters. The Balaban J connectivity index is 1.37. The number of amides is 1. The van der Waals surface area contributed by atoms with Crippen molar-refractivity contribution >= 4 is 32.6 Å². The average molecular weight is 398 g/mol. The highest BCUT2D eigenvalue weighted by atomic mass is 32.1. The summed E-state index contributed by atoms with van der Waals surface area (Å²) in [4.78, 5) is 21.6. The summed E-state index contributed by atoms with van der Waals surface area (Å²) >= 11 is 1.66. The Kier molecular flexibility index (Phi) is 5.34. The van der Waals surface area contributed by atoms with Crippen LogP contribution in [0, 0.1) is 0 Å². The van der Waals surface area contributed by atoms with E-state index in [1.807, 2.05) is 60.4 Å². The Morgan fingerprint density at radius 3 is 2.54 bits per heavy atom. The normalized spacial score (nSPS) is 15.5. The molecule has 1 aliphatic heterocycles. The molecule has 1 saturated heterocycles. The van der Waals surface area contributed by atoms with Gasteiger partial charge in [0.1, 0.15) is 11.5 Å². The third-order valence-corrected chi connectivity index (χ3v) is 5.93. The maximum Gasteiger partial charge on any atom is 0.263 e. The molecule has 2 aromatic carbocycles. The summed E-state index contributed by atoms with van der Waals surface area (Å²) in [5.74, 6) is 1.58. The molecule has 0 radical (unpaired) electrons. The topological polar surface area (TPSA) is 54.9 Å². The number of methoxy groups -OCH3 is 1. The molecule has 0 saturated carbocycles. The lowest BCUT2D eigenvalue weighted by Crippen LogP contribution is -2.52. The maximum absolute atomic E-state index is 12.7. The van der Waals surface area contributed by atoms with Gasteiger partial charge in [0.05, 0.1) is 17.3 Å². The lowest BCUT2D eigenvalue weighted by molar-refractivity contribution is -0.138. The van der Waals surface area contributed by atoms with Crippen molar-refractivity contribution in [3.8, 4) is 11.5 Å². The number of rotatable bonds is 5. The van der Waals surface area contributed by atoms with Crippen LogP contribution in [0.25, 0.3) is 10.2 Å². The molecule has 4 rings (SSSR count). The van der Waals surface area contributed by atoms with E-state index in [1.54, 1.807) is 18.4 Å². The van der Waals surface area contributed by atoms with Gasteiger partial charge in [0.25, 0.3) is 5.91 Å². The minimum atomic E-state index is -0.496. The molecule has 1 aromatic heterocycles. The number of aromatic nitrogens is 1. The Bertz CT molecular complexity index is 952. The zero-order chi connectivity index (χ0) is 19.5. The molecule has 1 aliphatic rings. The Labute approximate surface area is 168 Å². The number of ether oxygens (including phenoxy) is 2. The molecule has 6 nitrogen and oxygen atoms in total. The van der Waals surface area contributed by atoms with Crippen LogP contribution in [0.3, 0.4) is 0 Å². The molecular weight excluding hydrogens is 374 g/mol. The highest BCUT2D eigenvalue weighted by molar-refractivity contribution is 7.22. The van der Waals surface area contributed by atoms with Crippen molar-refractivity contribution in [3.05, 3.63) is 48.5 Å². The number of benzene rings is 2. The van der Waals surface area contributed by atoms with Gasteiger partial charge in [-0.25, -0.2) is 4.98 Å². The van der Waals surface area contributed by atoms with Crippen LogP contribution in [-0.2, 0) is 4.79 Å². The molecular formula is C21H23N3O3S. The Morgan fingerprint density at radius 1 is 1.07 bits per heavy atom. The second-order valence-electron chi connectivity index (χ2n) is 6.72. The first-order valence-corrected chi connectivity index (χ1v) is 10.2. The largest absolute Gasteiger partial charge is 0.497 e. The fourth-order valence-electron chi connectivity index (χ4n) is 3.28. The van der Waals surface area contributed by atoms with Crippen molar-refractivity contribution in [2.45, 2.75) is 13.0 Å². The minimum Gasteiger partial charge on any atom is -0.497 e. The summed E-state index contributed by atoms with van der Waals surface area (Å²) in [5, 5.41) is 0.990. The number of piperazine rings is 1. The molecule has 146 valence electrons. The smallest absolute Gasteiger partial charge is 0.263 e. The first kappa shape index (κ1) is 18.6. The van der Waals surface area contributed by atoms with Gasteiger partial charge in [0.2, 0.25) is 0 Å². The van der Waals surface area contributed by atoms with Crippen molar-refractivity contribution in [2.24, 2.45) is 0 Å². The Hall–Kier alpha value is -2.80. The lowest BCUT2D eigenvalue weighted by atomic mass is 10.2. The van der Waals surface area contributed by atoms with Crippen LogP contribution in [-0.4, -0.2) is 55.2 Å². The van der Waals surface area contributed by atoms with Gasteiger partial charge >= 0.3 is 0 Å². The summed E-state index contributed by atoms with van der Waals surface area (Å²) in [6.07, 6.45) is -0.496. The van der Waals surface area contributed by atoms with E-state index in [9.17, 15) is 4.79 Å². The van der Waals surface area contributed by atoms with Crippen molar-refractivity contribution in [3.63, 3.8) is 0 Å². The van der Waals surface area contributed by atoms with Crippen molar-refractivity contribution in [2.75, 3.05) is 38.2 Å². The quantitative estimate of drug-likeness (QED) is 0.660. The SMILES string of the molecule is COc1ccc2nc(N3CCN(C(=O)C(C)Oc4ccccc4)CC3)sc2c1. The molecule has 0 N–H and O–H groups in total. The van der Waals surface area contributed by atoms with Gasteiger partial charge in [-0.2, -0.15) is 0 Å². The van der Waals surface area contributed by atoms with Gasteiger partial charge in [0.15, 0.2) is 11.2 Å². The van der Waals surface area contributed by atoms with Crippen LogP contribution in [0.15, 0.2) is 48.5 Å². The number of fused-ring (bicyclic) bond motifs is 1. The summed E-state index contributed by atoms with van der Waals surface area (Å²) in [7, 11) is 1.67. The fourth-order valence-corrected chi connectivity index (χ4v) is 4.33. The van der Waals surface area contributed by atoms with Crippen LogP contribution >= 0.6 is 11.3 Å². The molecule has 1 amide bonds.